The Morgan fingerprint density at radius 3 is 2.37 bits per heavy atom. The maximum absolute atomic E-state index is 12.2. The molecule has 158 valence electrons. The normalized spacial score (nSPS) is 13.3. The number of amides is 2. The third-order valence-corrected chi connectivity index (χ3v) is 4.72. The second-order valence-corrected chi connectivity index (χ2v) is 7.27. The average molecular weight is 410 g/mol. The van der Waals surface area contributed by atoms with Gasteiger partial charge in [0.15, 0.2) is 0 Å². The van der Waals surface area contributed by atoms with Crippen LogP contribution in [-0.4, -0.2) is 44.1 Å². The molecule has 1 aliphatic heterocycles. The number of benzene rings is 2. The quantitative estimate of drug-likeness (QED) is 0.534. The summed E-state index contributed by atoms with van der Waals surface area (Å²) in [5.74, 6) is -0.0863. The first kappa shape index (κ1) is 21.4. The largest absolute Gasteiger partial charge is 0.490 e. The molecule has 0 unspecified atom stereocenters. The van der Waals surface area contributed by atoms with E-state index in [0.717, 1.165) is 29.0 Å². The number of ether oxygens (including phenoxy) is 2. The molecule has 2 amide bonds. The van der Waals surface area contributed by atoms with Crippen molar-refractivity contribution in [3.63, 3.8) is 0 Å². The van der Waals surface area contributed by atoms with Gasteiger partial charge >= 0.3 is 5.97 Å². The summed E-state index contributed by atoms with van der Waals surface area (Å²) in [5, 5.41) is 2.54. The lowest BCUT2D eigenvalue weighted by molar-refractivity contribution is -0.143. The van der Waals surface area contributed by atoms with Gasteiger partial charge in [0.2, 0.25) is 5.91 Å². The van der Waals surface area contributed by atoms with Crippen LogP contribution >= 0.6 is 0 Å². The molecule has 30 heavy (non-hydrogen) atoms. The maximum Gasteiger partial charge on any atom is 0.325 e. The maximum atomic E-state index is 12.2. The van der Waals surface area contributed by atoms with Crippen molar-refractivity contribution < 1.29 is 23.9 Å². The van der Waals surface area contributed by atoms with Crippen molar-refractivity contribution in [2.24, 2.45) is 0 Å². The third-order valence-electron chi connectivity index (χ3n) is 4.72. The number of rotatable bonds is 8. The fourth-order valence-electron chi connectivity index (χ4n) is 3.35. The SMILES string of the molecule is Cc1cc(C)cc(OCCOC(=O)CNC(=O)c2ccc(N3CCCC3=O)cc2)c1. The first-order valence-corrected chi connectivity index (χ1v) is 9.98. The number of esters is 1. The van der Waals surface area contributed by atoms with E-state index in [1.807, 2.05) is 26.0 Å². The predicted octanol–water partition coefficient (Wildman–Crippen LogP) is 2.78. The minimum absolute atomic E-state index is 0.0939. The summed E-state index contributed by atoms with van der Waals surface area (Å²) in [6, 6.07) is 12.6. The van der Waals surface area contributed by atoms with Gasteiger partial charge in [0.05, 0.1) is 0 Å². The van der Waals surface area contributed by atoms with Crippen LogP contribution in [0.5, 0.6) is 5.75 Å². The van der Waals surface area contributed by atoms with Crippen LogP contribution < -0.4 is 15.0 Å². The molecule has 7 nitrogen and oxygen atoms in total. The first-order valence-electron chi connectivity index (χ1n) is 9.98. The summed E-state index contributed by atoms with van der Waals surface area (Å²) in [6.07, 6.45) is 1.40. The summed E-state index contributed by atoms with van der Waals surface area (Å²) < 4.78 is 10.7. The van der Waals surface area contributed by atoms with Crippen LogP contribution in [0.2, 0.25) is 0 Å². The first-order chi connectivity index (χ1) is 14.4. The number of carbonyl (C=O) groups excluding carboxylic acids is 3. The Bertz CT molecular complexity index is 903. The highest BCUT2D eigenvalue weighted by Gasteiger charge is 2.21. The number of nitrogens with zero attached hydrogens (tertiary/aromatic N) is 1. The summed E-state index contributed by atoms with van der Waals surface area (Å²) >= 11 is 0. The summed E-state index contributed by atoms with van der Waals surface area (Å²) in [6.45, 7) is 4.78. The monoisotopic (exact) mass is 410 g/mol. The van der Waals surface area contributed by atoms with Crippen LogP contribution in [0.1, 0.15) is 34.3 Å². The smallest absolute Gasteiger partial charge is 0.325 e. The molecular weight excluding hydrogens is 384 g/mol. The van der Waals surface area contributed by atoms with Crippen molar-refractivity contribution in [3.8, 4) is 5.75 Å². The van der Waals surface area contributed by atoms with Crippen LogP contribution in [0.15, 0.2) is 42.5 Å². The van der Waals surface area contributed by atoms with E-state index < -0.39 is 5.97 Å². The number of hydrogen-bond acceptors (Lipinski definition) is 5. The van der Waals surface area contributed by atoms with Gasteiger partial charge in [-0.25, -0.2) is 0 Å². The average Bonchev–Trinajstić information content (AvgIpc) is 3.14. The highest BCUT2D eigenvalue weighted by atomic mass is 16.6. The molecule has 1 heterocycles. The van der Waals surface area contributed by atoms with Gasteiger partial charge in [-0.2, -0.15) is 0 Å². The molecule has 7 heteroatoms. The Morgan fingerprint density at radius 1 is 1.03 bits per heavy atom. The van der Waals surface area contributed by atoms with Crippen molar-refractivity contribution in [2.45, 2.75) is 26.7 Å². The second-order valence-electron chi connectivity index (χ2n) is 7.27. The Labute approximate surface area is 176 Å². The molecule has 1 aliphatic rings. The van der Waals surface area contributed by atoms with Crippen LogP contribution in [0.25, 0.3) is 0 Å². The van der Waals surface area contributed by atoms with E-state index in [0.29, 0.717) is 18.5 Å². The zero-order chi connectivity index (χ0) is 21.5. The van der Waals surface area contributed by atoms with E-state index in [1.165, 1.54) is 0 Å². The van der Waals surface area contributed by atoms with Gasteiger partial charge in [0.25, 0.3) is 5.91 Å². The number of nitrogens with one attached hydrogen (secondary N) is 1. The molecule has 0 spiro atoms. The molecule has 0 bridgehead atoms. The Morgan fingerprint density at radius 2 is 1.73 bits per heavy atom. The highest BCUT2D eigenvalue weighted by Crippen LogP contribution is 2.21. The van der Waals surface area contributed by atoms with Gasteiger partial charge in [-0.05, 0) is 67.8 Å². The Hall–Kier alpha value is -3.35. The lowest BCUT2D eigenvalue weighted by atomic mass is 10.1. The van der Waals surface area contributed by atoms with E-state index in [2.05, 4.69) is 11.4 Å². The molecule has 0 atom stereocenters. The van der Waals surface area contributed by atoms with E-state index in [-0.39, 0.29) is 31.6 Å². The lowest BCUT2D eigenvalue weighted by Gasteiger charge is -2.15. The van der Waals surface area contributed by atoms with Crippen molar-refractivity contribution in [3.05, 3.63) is 59.2 Å². The van der Waals surface area contributed by atoms with Crippen molar-refractivity contribution in [1.29, 1.82) is 0 Å². The van der Waals surface area contributed by atoms with E-state index in [4.69, 9.17) is 9.47 Å². The fourth-order valence-corrected chi connectivity index (χ4v) is 3.35. The van der Waals surface area contributed by atoms with Crippen molar-refractivity contribution in [1.82, 2.24) is 5.32 Å². The molecular formula is C23H26N2O5. The Kier molecular flexibility index (Phi) is 7.06. The van der Waals surface area contributed by atoms with Crippen LogP contribution in [0.3, 0.4) is 0 Å². The van der Waals surface area contributed by atoms with Gasteiger partial charge in [0.1, 0.15) is 25.5 Å². The molecule has 0 aliphatic carbocycles. The van der Waals surface area contributed by atoms with Gasteiger partial charge in [-0.15, -0.1) is 0 Å². The standard InChI is InChI=1S/C23H26N2O5/c1-16-12-17(2)14-20(13-16)29-10-11-30-22(27)15-24-23(28)18-5-7-19(8-6-18)25-9-3-4-21(25)26/h5-8,12-14H,3-4,9-11,15H2,1-2H3,(H,24,28). The molecule has 1 N–H and O–H groups in total. The summed E-state index contributed by atoms with van der Waals surface area (Å²) in [4.78, 5) is 37.5. The zero-order valence-corrected chi connectivity index (χ0v) is 17.3. The van der Waals surface area contributed by atoms with Gasteiger partial charge in [-0.1, -0.05) is 6.07 Å². The Balaban J connectivity index is 1.37. The fraction of sp³-hybridized carbons (Fsp3) is 0.348. The molecule has 1 fully saturated rings. The van der Waals surface area contributed by atoms with E-state index >= 15 is 0 Å². The van der Waals surface area contributed by atoms with Crippen LogP contribution in [-0.2, 0) is 14.3 Å². The zero-order valence-electron chi connectivity index (χ0n) is 17.3. The molecule has 2 aromatic carbocycles. The number of hydrogen-bond donors (Lipinski definition) is 1. The third kappa shape index (κ3) is 5.83. The summed E-state index contributed by atoms with van der Waals surface area (Å²) in [7, 11) is 0. The molecule has 0 radical (unpaired) electrons. The number of aryl methyl sites for hydroxylation is 2. The molecule has 0 saturated carbocycles. The highest BCUT2D eigenvalue weighted by molar-refractivity contribution is 5.98. The molecule has 1 saturated heterocycles. The van der Waals surface area contributed by atoms with Gasteiger partial charge < -0.3 is 19.7 Å². The number of carbonyl (C=O) groups is 3. The van der Waals surface area contributed by atoms with E-state index in [1.54, 1.807) is 29.2 Å². The lowest BCUT2D eigenvalue weighted by Crippen LogP contribution is -2.31. The minimum atomic E-state index is -0.536. The topological polar surface area (TPSA) is 84.9 Å². The number of anilines is 1. The summed E-state index contributed by atoms with van der Waals surface area (Å²) in [5.41, 5.74) is 3.39. The predicted molar refractivity (Wildman–Crippen MR) is 113 cm³/mol. The second kappa shape index (κ2) is 9.91. The van der Waals surface area contributed by atoms with Crippen molar-refractivity contribution in [2.75, 3.05) is 31.2 Å². The minimum Gasteiger partial charge on any atom is -0.490 e. The molecule has 3 rings (SSSR count). The van der Waals surface area contributed by atoms with Crippen LogP contribution in [0.4, 0.5) is 5.69 Å². The molecule has 2 aromatic rings. The van der Waals surface area contributed by atoms with Crippen molar-refractivity contribution >= 4 is 23.5 Å². The molecule has 0 aromatic heterocycles. The van der Waals surface area contributed by atoms with Gasteiger partial charge in [0, 0.05) is 24.2 Å². The van der Waals surface area contributed by atoms with Crippen LogP contribution in [0, 0.1) is 13.8 Å². The van der Waals surface area contributed by atoms with E-state index in [9.17, 15) is 14.4 Å². The van der Waals surface area contributed by atoms with Gasteiger partial charge in [-0.3, -0.25) is 14.4 Å².